The molecule has 0 aliphatic carbocycles. The molecule has 0 aliphatic rings. The number of rotatable bonds is 13. The van der Waals surface area contributed by atoms with Crippen molar-refractivity contribution in [2.45, 2.75) is 39.7 Å². The van der Waals surface area contributed by atoms with Crippen molar-refractivity contribution in [3.8, 4) is 28.7 Å². The third-order valence-electron chi connectivity index (χ3n) is 4.86. The minimum absolute atomic E-state index is 0.216. The van der Waals surface area contributed by atoms with Gasteiger partial charge in [0.15, 0.2) is 23.0 Å². The maximum Gasteiger partial charge on any atom is 0.244 e. The SMILES string of the molecule is CCCOc1ccc(C(C)NC(=O)/C=C/c2cc(OC)c(OC)c(OC)c2)cc1OCCC. The van der Waals surface area contributed by atoms with Gasteiger partial charge in [0.1, 0.15) is 0 Å². The van der Waals surface area contributed by atoms with Crippen LogP contribution in [0.25, 0.3) is 6.08 Å². The van der Waals surface area contributed by atoms with Gasteiger partial charge in [-0.1, -0.05) is 19.9 Å². The lowest BCUT2D eigenvalue weighted by Crippen LogP contribution is -2.24. The highest BCUT2D eigenvalue weighted by atomic mass is 16.5. The second-order valence-corrected chi connectivity index (χ2v) is 7.43. The molecular formula is C26H35NO6. The van der Waals surface area contributed by atoms with Gasteiger partial charge in [0.05, 0.1) is 40.6 Å². The number of hydrogen-bond acceptors (Lipinski definition) is 6. The lowest BCUT2D eigenvalue weighted by atomic mass is 10.1. The Morgan fingerprint density at radius 1 is 0.879 bits per heavy atom. The monoisotopic (exact) mass is 457 g/mol. The largest absolute Gasteiger partial charge is 0.493 e. The lowest BCUT2D eigenvalue weighted by Gasteiger charge is -2.17. The van der Waals surface area contributed by atoms with Crippen LogP contribution in [0, 0.1) is 0 Å². The average molecular weight is 458 g/mol. The fourth-order valence-corrected chi connectivity index (χ4v) is 3.16. The Morgan fingerprint density at radius 2 is 1.48 bits per heavy atom. The average Bonchev–Trinajstić information content (AvgIpc) is 2.84. The molecule has 2 aromatic rings. The summed E-state index contributed by atoms with van der Waals surface area (Å²) in [6, 6.07) is 9.10. The van der Waals surface area contributed by atoms with Crippen LogP contribution in [0.2, 0.25) is 0 Å². The van der Waals surface area contributed by atoms with E-state index in [4.69, 9.17) is 23.7 Å². The predicted molar refractivity (Wildman–Crippen MR) is 130 cm³/mol. The molecule has 1 unspecified atom stereocenters. The second kappa shape index (κ2) is 13.3. The molecule has 0 aromatic heterocycles. The van der Waals surface area contributed by atoms with E-state index in [-0.39, 0.29) is 11.9 Å². The lowest BCUT2D eigenvalue weighted by molar-refractivity contribution is -0.117. The maximum atomic E-state index is 12.6. The first kappa shape index (κ1) is 25.9. The van der Waals surface area contributed by atoms with E-state index >= 15 is 0 Å². The molecule has 1 amide bonds. The number of carbonyl (C=O) groups excluding carboxylic acids is 1. The van der Waals surface area contributed by atoms with Gasteiger partial charge >= 0.3 is 0 Å². The number of ether oxygens (including phenoxy) is 5. The van der Waals surface area contributed by atoms with Crippen molar-refractivity contribution < 1.29 is 28.5 Å². The first-order chi connectivity index (χ1) is 16.0. The van der Waals surface area contributed by atoms with Crippen molar-refractivity contribution in [2.75, 3.05) is 34.5 Å². The Hall–Kier alpha value is -3.35. The number of amides is 1. The third-order valence-corrected chi connectivity index (χ3v) is 4.86. The normalized spacial score (nSPS) is 11.7. The second-order valence-electron chi connectivity index (χ2n) is 7.43. The van der Waals surface area contributed by atoms with Gasteiger partial charge in [0.25, 0.3) is 0 Å². The summed E-state index contributed by atoms with van der Waals surface area (Å²) in [5.74, 6) is 2.73. The molecule has 0 bridgehead atoms. The van der Waals surface area contributed by atoms with Gasteiger partial charge in [-0.25, -0.2) is 0 Å². The summed E-state index contributed by atoms with van der Waals surface area (Å²) in [4.78, 5) is 12.6. The molecule has 0 aliphatic heterocycles. The van der Waals surface area contributed by atoms with E-state index in [9.17, 15) is 4.79 Å². The summed E-state index contributed by atoms with van der Waals surface area (Å²) in [6.07, 6.45) is 4.99. The minimum Gasteiger partial charge on any atom is -0.493 e. The van der Waals surface area contributed by atoms with Crippen LogP contribution in [0.1, 0.15) is 50.8 Å². The van der Waals surface area contributed by atoms with Crippen LogP contribution >= 0.6 is 0 Å². The Morgan fingerprint density at radius 3 is 2.03 bits per heavy atom. The van der Waals surface area contributed by atoms with Crippen LogP contribution in [0.15, 0.2) is 36.4 Å². The van der Waals surface area contributed by atoms with Gasteiger partial charge in [-0.05, 0) is 61.2 Å². The maximum absolute atomic E-state index is 12.6. The van der Waals surface area contributed by atoms with Crippen LogP contribution in [0.3, 0.4) is 0 Å². The zero-order valence-corrected chi connectivity index (χ0v) is 20.4. The van der Waals surface area contributed by atoms with Gasteiger partial charge in [-0.15, -0.1) is 0 Å². The van der Waals surface area contributed by atoms with Crippen LogP contribution in [0.4, 0.5) is 0 Å². The summed E-state index contributed by atoms with van der Waals surface area (Å²) in [5.41, 5.74) is 1.68. The van der Waals surface area contributed by atoms with Crippen molar-refractivity contribution in [2.24, 2.45) is 0 Å². The molecule has 0 heterocycles. The minimum atomic E-state index is -0.224. The highest BCUT2D eigenvalue weighted by molar-refractivity contribution is 5.92. The summed E-state index contributed by atoms with van der Waals surface area (Å²) in [7, 11) is 4.65. The highest BCUT2D eigenvalue weighted by Crippen LogP contribution is 2.38. The molecule has 33 heavy (non-hydrogen) atoms. The molecule has 0 radical (unpaired) electrons. The van der Waals surface area contributed by atoms with Crippen LogP contribution in [-0.2, 0) is 4.79 Å². The van der Waals surface area contributed by atoms with E-state index in [0.29, 0.717) is 36.2 Å². The van der Waals surface area contributed by atoms with E-state index in [1.807, 2.05) is 25.1 Å². The van der Waals surface area contributed by atoms with Gasteiger partial charge in [-0.2, -0.15) is 0 Å². The first-order valence-corrected chi connectivity index (χ1v) is 11.1. The molecule has 0 saturated heterocycles. The standard InChI is InChI=1S/C26H35NO6/c1-7-13-32-21-11-10-20(17-22(21)33-14-8-2)18(3)27-25(28)12-9-19-15-23(29-4)26(31-6)24(16-19)30-5/h9-12,15-18H,7-8,13-14H2,1-6H3,(H,27,28)/b12-9+. The number of benzene rings is 2. The van der Waals surface area contributed by atoms with Gasteiger partial charge in [-0.3, -0.25) is 4.79 Å². The van der Waals surface area contributed by atoms with Crippen LogP contribution in [-0.4, -0.2) is 40.5 Å². The Kier molecular flexibility index (Phi) is 10.4. The van der Waals surface area contributed by atoms with Gasteiger partial charge in [0.2, 0.25) is 11.7 Å². The molecule has 1 atom stereocenters. The number of carbonyl (C=O) groups is 1. The van der Waals surface area contributed by atoms with E-state index in [0.717, 1.165) is 29.7 Å². The Bertz CT molecular complexity index is 915. The van der Waals surface area contributed by atoms with E-state index in [2.05, 4.69) is 19.2 Å². The van der Waals surface area contributed by atoms with E-state index in [1.165, 1.54) is 6.08 Å². The molecule has 180 valence electrons. The fraction of sp³-hybridized carbons (Fsp3) is 0.423. The third kappa shape index (κ3) is 7.34. The molecule has 0 fully saturated rings. The number of methoxy groups -OCH3 is 3. The Balaban J connectivity index is 2.13. The molecule has 7 nitrogen and oxygen atoms in total. The number of hydrogen-bond donors (Lipinski definition) is 1. The van der Waals surface area contributed by atoms with Crippen molar-refractivity contribution in [3.63, 3.8) is 0 Å². The molecule has 0 saturated carbocycles. The molecule has 2 aromatic carbocycles. The molecule has 1 N–H and O–H groups in total. The smallest absolute Gasteiger partial charge is 0.244 e. The van der Waals surface area contributed by atoms with Crippen LogP contribution < -0.4 is 29.0 Å². The first-order valence-electron chi connectivity index (χ1n) is 11.1. The fourth-order valence-electron chi connectivity index (χ4n) is 3.16. The van der Waals surface area contributed by atoms with Gasteiger partial charge in [0, 0.05) is 6.08 Å². The predicted octanol–water partition coefficient (Wildman–Crippen LogP) is 5.18. The molecule has 0 spiro atoms. The van der Waals surface area contributed by atoms with Gasteiger partial charge < -0.3 is 29.0 Å². The summed E-state index contributed by atoms with van der Waals surface area (Å²) in [5, 5.41) is 2.98. The summed E-state index contributed by atoms with van der Waals surface area (Å²) in [6.45, 7) is 7.27. The topological polar surface area (TPSA) is 75.3 Å². The number of nitrogens with one attached hydrogen (secondary N) is 1. The quantitative estimate of drug-likeness (QED) is 0.418. The molecule has 2 rings (SSSR count). The summed E-state index contributed by atoms with van der Waals surface area (Å²) < 4.78 is 27.7. The summed E-state index contributed by atoms with van der Waals surface area (Å²) >= 11 is 0. The van der Waals surface area contributed by atoms with Crippen molar-refractivity contribution in [1.29, 1.82) is 0 Å². The van der Waals surface area contributed by atoms with E-state index < -0.39 is 0 Å². The molecular weight excluding hydrogens is 422 g/mol. The van der Waals surface area contributed by atoms with Crippen molar-refractivity contribution in [1.82, 2.24) is 5.32 Å². The zero-order valence-electron chi connectivity index (χ0n) is 20.4. The van der Waals surface area contributed by atoms with Crippen molar-refractivity contribution >= 4 is 12.0 Å². The highest BCUT2D eigenvalue weighted by Gasteiger charge is 2.14. The zero-order chi connectivity index (χ0) is 24.2. The van der Waals surface area contributed by atoms with E-state index in [1.54, 1.807) is 39.5 Å². The van der Waals surface area contributed by atoms with Crippen LogP contribution in [0.5, 0.6) is 28.7 Å². The molecule has 7 heteroatoms. The van der Waals surface area contributed by atoms with Crippen molar-refractivity contribution in [3.05, 3.63) is 47.5 Å². The Labute approximate surface area is 196 Å².